The van der Waals surface area contributed by atoms with Crippen molar-refractivity contribution in [2.45, 2.75) is 25.3 Å². The summed E-state index contributed by atoms with van der Waals surface area (Å²) in [5.41, 5.74) is 9.51. The van der Waals surface area contributed by atoms with E-state index in [1.165, 1.54) is 11.8 Å². The second kappa shape index (κ2) is 6.36. The third-order valence-corrected chi connectivity index (χ3v) is 5.12. The molecule has 0 saturated heterocycles. The van der Waals surface area contributed by atoms with E-state index in [1.54, 1.807) is 4.90 Å². The van der Waals surface area contributed by atoms with Crippen molar-refractivity contribution in [1.29, 1.82) is 0 Å². The summed E-state index contributed by atoms with van der Waals surface area (Å²) >= 11 is 0. The Kier molecular flexibility index (Phi) is 4.02. The average molecular weight is 355 g/mol. The molecule has 2 aliphatic rings. The van der Waals surface area contributed by atoms with Gasteiger partial charge in [-0.15, -0.1) is 5.10 Å². The van der Waals surface area contributed by atoms with E-state index < -0.39 is 6.09 Å². The number of aromatic nitrogens is 2. The highest BCUT2D eigenvalue weighted by molar-refractivity contribution is 5.89. The van der Waals surface area contributed by atoms with Crippen molar-refractivity contribution in [3.8, 4) is 0 Å². The predicted octanol–water partition coefficient (Wildman–Crippen LogP) is 1.83. The van der Waals surface area contributed by atoms with E-state index in [-0.39, 0.29) is 18.4 Å². The van der Waals surface area contributed by atoms with Gasteiger partial charge < -0.3 is 20.7 Å². The van der Waals surface area contributed by atoms with Crippen LogP contribution in [0.25, 0.3) is 0 Å². The van der Waals surface area contributed by atoms with Gasteiger partial charge in [-0.1, -0.05) is 18.2 Å². The summed E-state index contributed by atoms with van der Waals surface area (Å²) in [7, 11) is 1.35. The molecule has 0 fully saturated rings. The molecule has 26 heavy (non-hydrogen) atoms. The lowest BCUT2D eigenvalue weighted by molar-refractivity contribution is 0.0840. The normalized spacial score (nSPS) is 18.5. The van der Waals surface area contributed by atoms with E-state index in [2.05, 4.69) is 10.4 Å². The van der Waals surface area contributed by atoms with Gasteiger partial charge in [0.15, 0.2) is 0 Å². The molecule has 1 aromatic heterocycles. The summed E-state index contributed by atoms with van der Waals surface area (Å²) in [5, 5.41) is 7.63. The Morgan fingerprint density at radius 2 is 2.15 bits per heavy atom. The Balaban J connectivity index is 1.70. The van der Waals surface area contributed by atoms with Crippen molar-refractivity contribution < 1.29 is 14.3 Å². The number of carbonyl (C=O) groups excluding carboxylic acids is 2. The largest absolute Gasteiger partial charge is 0.453 e. The highest BCUT2D eigenvalue weighted by atomic mass is 16.5. The zero-order valence-corrected chi connectivity index (χ0v) is 14.6. The van der Waals surface area contributed by atoms with Crippen LogP contribution >= 0.6 is 0 Å². The molecule has 2 aromatic rings. The van der Waals surface area contributed by atoms with Crippen LogP contribution in [-0.2, 0) is 17.7 Å². The molecule has 1 atom stereocenters. The quantitative estimate of drug-likeness (QED) is 0.809. The van der Waals surface area contributed by atoms with E-state index >= 15 is 0 Å². The summed E-state index contributed by atoms with van der Waals surface area (Å²) in [4.78, 5) is 26.7. The van der Waals surface area contributed by atoms with Crippen molar-refractivity contribution in [2.75, 3.05) is 31.2 Å². The van der Waals surface area contributed by atoms with Crippen LogP contribution in [0.4, 0.5) is 16.3 Å². The third-order valence-electron chi connectivity index (χ3n) is 5.12. The molecule has 0 bridgehead atoms. The van der Waals surface area contributed by atoms with Gasteiger partial charge in [0.05, 0.1) is 25.3 Å². The molecule has 1 aromatic carbocycles. The molecule has 0 spiro atoms. The zero-order chi connectivity index (χ0) is 18.3. The number of hydrogen-bond acceptors (Lipinski definition) is 6. The molecule has 4 rings (SSSR count). The number of benzene rings is 1. The number of nitrogen functional groups attached to an aromatic ring is 1. The van der Waals surface area contributed by atoms with Crippen molar-refractivity contribution in [3.63, 3.8) is 0 Å². The smallest absolute Gasteiger partial charge is 0.409 e. The van der Waals surface area contributed by atoms with Gasteiger partial charge in [-0.3, -0.25) is 4.79 Å². The minimum Gasteiger partial charge on any atom is -0.453 e. The first-order valence-corrected chi connectivity index (χ1v) is 8.66. The highest BCUT2D eigenvalue weighted by Gasteiger charge is 2.33. The summed E-state index contributed by atoms with van der Waals surface area (Å²) in [5.74, 6) is -0.0388. The number of fused-ring (bicyclic) bond motifs is 2. The Labute approximate surface area is 150 Å². The van der Waals surface area contributed by atoms with Crippen molar-refractivity contribution in [3.05, 3.63) is 41.1 Å². The zero-order valence-electron chi connectivity index (χ0n) is 14.6. The lowest BCUT2D eigenvalue weighted by atomic mass is 9.90. The Hall–Kier alpha value is -3.03. The van der Waals surface area contributed by atoms with Crippen LogP contribution < -0.4 is 11.1 Å². The van der Waals surface area contributed by atoms with Crippen LogP contribution in [-0.4, -0.2) is 46.9 Å². The van der Waals surface area contributed by atoms with E-state index in [0.717, 1.165) is 23.4 Å². The number of nitrogens with zero attached hydrogens (tertiary/aromatic N) is 3. The van der Waals surface area contributed by atoms with Gasteiger partial charge in [0.1, 0.15) is 5.82 Å². The molecular formula is C18H21N5O3. The van der Waals surface area contributed by atoms with Gasteiger partial charge >= 0.3 is 6.09 Å². The number of anilines is 2. The number of para-hydroxylation sites is 1. The first-order chi connectivity index (χ1) is 12.6. The van der Waals surface area contributed by atoms with Gasteiger partial charge in [-0.2, -0.15) is 0 Å². The first-order valence-electron chi connectivity index (χ1n) is 8.66. The molecule has 0 aliphatic carbocycles. The molecule has 0 saturated carbocycles. The van der Waals surface area contributed by atoms with Crippen LogP contribution in [0.15, 0.2) is 24.3 Å². The predicted molar refractivity (Wildman–Crippen MR) is 96.1 cm³/mol. The SMILES string of the molecule is COC(=O)N1CCc2c(N)nn(C(=O)C3CCNc4ccccc43)c2C1. The number of nitrogens with two attached hydrogens (primary N) is 1. The fourth-order valence-electron chi connectivity index (χ4n) is 3.79. The molecule has 1 amide bonds. The van der Waals surface area contributed by atoms with Crippen molar-refractivity contribution in [2.24, 2.45) is 0 Å². The Bertz CT molecular complexity index is 876. The van der Waals surface area contributed by atoms with Crippen molar-refractivity contribution in [1.82, 2.24) is 14.7 Å². The summed E-state index contributed by atoms with van der Waals surface area (Å²) in [6.45, 7) is 1.49. The maximum Gasteiger partial charge on any atom is 0.409 e. The number of carbonyl (C=O) groups is 2. The number of rotatable bonds is 1. The number of amides is 1. The van der Waals surface area contributed by atoms with Gasteiger partial charge in [0.2, 0.25) is 0 Å². The van der Waals surface area contributed by atoms with E-state index in [9.17, 15) is 9.59 Å². The number of methoxy groups -OCH3 is 1. The van der Waals surface area contributed by atoms with Crippen LogP contribution in [0.5, 0.6) is 0 Å². The van der Waals surface area contributed by atoms with E-state index in [4.69, 9.17) is 10.5 Å². The number of nitrogens with one attached hydrogen (secondary N) is 1. The van der Waals surface area contributed by atoms with Gasteiger partial charge in [0.25, 0.3) is 5.91 Å². The van der Waals surface area contributed by atoms with Crippen molar-refractivity contribution >= 4 is 23.5 Å². The maximum atomic E-state index is 13.3. The topological polar surface area (TPSA) is 102 Å². The standard InChI is InChI=1S/C18H21N5O3/c1-26-18(25)22-9-7-13-15(10-22)23(21-16(13)19)17(24)12-6-8-20-14-5-3-2-4-11(12)14/h2-5,12,20H,6-10H2,1H3,(H2,19,21). The maximum absolute atomic E-state index is 13.3. The molecule has 136 valence electrons. The second-order valence-electron chi connectivity index (χ2n) is 6.56. The molecular weight excluding hydrogens is 334 g/mol. The Morgan fingerprint density at radius 1 is 1.35 bits per heavy atom. The number of hydrogen-bond donors (Lipinski definition) is 2. The minimum absolute atomic E-state index is 0.112. The van der Waals surface area contributed by atoms with Crippen LogP contribution in [0.2, 0.25) is 0 Å². The summed E-state index contributed by atoms with van der Waals surface area (Å²) < 4.78 is 6.20. The first kappa shape index (κ1) is 16.4. The third kappa shape index (κ3) is 2.58. The average Bonchev–Trinajstić information content (AvgIpc) is 3.02. The van der Waals surface area contributed by atoms with Crippen LogP contribution in [0.3, 0.4) is 0 Å². The lowest BCUT2D eigenvalue weighted by Crippen LogP contribution is -2.38. The lowest BCUT2D eigenvalue weighted by Gasteiger charge is -2.28. The summed E-state index contributed by atoms with van der Waals surface area (Å²) in [6.07, 6.45) is 0.832. The number of ether oxygens (including phenoxy) is 1. The summed E-state index contributed by atoms with van der Waals surface area (Å²) in [6, 6.07) is 7.81. The molecule has 2 aliphatic heterocycles. The second-order valence-corrected chi connectivity index (χ2v) is 6.56. The van der Waals surface area contributed by atoms with E-state index in [0.29, 0.717) is 30.9 Å². The van der Waals surface area contributed by atoms with Gasteiger partial charge in [-0.25, -0.2) is 9.48 Å². The van der Waals surface area contributed by atoms with Gasteiger partial charge in [0, 0.05) is 24.3 Å². The molecule has 3 N–H and O–H groups in total. The van der Waals surface area contributed by atoms with E-state index in [1.807, 2.05) is 24.3 Å². The van der Waals surface area contributed by atoms with Gasteiger partial charge in [-0.05, 0) is 24.5 Å². The minimum atomic E-state index is -0.415. The Morgan fingerprint density at radius 3 is 2.96 bits per heavy atom. The fraction of sp³-hybridized carbons (Fsp3) is 0.389. The molecule has 3 heterocycles. The molecule has 1 unspecified atom stereocenters. The molecule has 0 radical (unpaired) electrons. The highest BCUT2D eigenvalue weighted by Crippen LogP contribution is 2.34. The van der Waals surface area contributed by atoms with Crippen LogP contribution in [0.1, 0.15) is 34.0 Å². The van der Waals surface area contributed by atoms with Crippen LogP contribution in [0, 0.1) is 0 Å². The molecule has 8 nitrogen and oxygen atoms in total. The molecule has 8 heteroatoms. The monoisotopic (exact) mass is 355 g/mol. The fourth-order valence-corrected chi connectivity index (χ4v) is 3.79.